The number of benzene rings is 2. The Bertz CT molecular complexity index is 2300. The van der Waals surface area contributed by atoms with Gasteiger partial charge in [0.15, 0.2) is 29.1 Å². The molecule has 1 amide bonds. The van der Waals surface area contributed by atoms with E-state index in [1.807, 2.05) is 0 Å². The lowest BCUT2D eigenvalue weighted by Gasteiger charge is -2.68. The minimum atomic E-state index is -2.25. The van der Waals surface area contributed by atoms with Crippen LogP contribution in [0, 0.1) is 28.6 Å². The maximum absolute atomic E-state index is 15.7. The second-order valence-corrected chi connectivity index (χ2v) is 20.6. The maximum Gasteiger partial charge on any atom is 0.408 e. The van der Waals surface area contributed by atoms with Crippen molar-refractivity contribution in [3.8, 4) is 0 Å². The van der Waals surface area contributed by atoms with E-state index in [9.17, 15) is 44.1 Å². The molecule has 3 aliphatic carbocycles. The number of nitrogens with one attached hydrogen (secondary N) is 1. The highest BCUT2D eigenvalue weighted by atomic mass is 16.6. The highest BCUT2D eigenvalue weighted by Crippen LogP contribution is 2.66. The Morgan fingerprint density at radius 1 is 0.926 bits per heavy atom. The number of ketones is 3. The standard InChI is InChI=1S/C51H65NO16/c1-27(2)34(55)24-63-25-38(56)66-36-22-37-50(26-64-37,67-29(4)53)43-32(21-33(54)30-17-13-11-14-18-30)51(62)23-35(28(3)39(48(51,8)9)41(57)44(59)49(36,43)10)65-45(60)42(58)40(31-19-15-12-16-20-31)52-46(61)68-47(5,6)7/h11-20,27,32,35-37,40-43,57-58,62H,21-26H2,1-10H3,(H,52,61)/t32-,35-,36-,37+,40-,41+,42+,43-,49+,50-,51+/m0/s1. The minimum Gasteiger partial charge on any atom is -0.459 e. The number of rotatable bonds is 15. The summed E-state index contributed by atoms with van der Waals surface area (Å²) in [7, 11) is 0. The van der Waals surface area contributed by atoms with E-state index >= 15 is 4.79 Å². The zero-order valence-corrected chi connectivity index (χ0v) is 40.4. The normalized spacial score (nSPS) is 30.5. The number of amides is 1. The van der Waals surface area contributed by atoms with Crippen LogP contribution >= 0.6 is 0 Å². The number of carbonyl (C=O) groups excluding carboxylic acids is 7. The molecular weight excluding hydrogens is 883 g/mol. The van der Waals surface area contributed by atoms with E-state index in [0.717, 1.165) is 6.92 Å². The SMILES string of the molecule is CC(=O)O[C@@]12CO[C@@H]1C[C@H](OC(=O)COCC(=O)C(C)C)[C@@]1(C)C(=O)[C@H](O)C3=C(C)[C@@H](OC(=O)[C@H](O)[C@@H](NC(=O)OC(C)(C)C)c4ccccc4)C[C@@](O)([C@@H](CC(=O)c4ccccc4)[C@H]21)C3(C)C. The Morgan fingerprint density at radius 2 is 1.54 bits per heavy atom. The van der Waals surface area contributed by atoms with Crippen molar-refractivity contribution in [2.24, 2.45) is 28.6 Å². The Morgan fingerprint density at radius 3 is 2.10 bits per heavy atom. The topological polar surface area (TPSA) is 248 Å². The molecule has 68 heavy (non-hydrogen) atoms. The summed E-state index contributed by atoms with van der Waals surface area (Å²) in [5.41, 5.74) is -7.90. The van der Waals surface area contributed by atoms with Crippen LogP contribution in [0.1, 0.15) is 110 Å². The van der Waals surface area contributed by atoms with Crippen molar-refractivity contribution in [2.75, 3.05) is 19.8 Å². The van der Waals surface area contributed by atoms with Gasteiger partial charge in [-0.3, -0.25) is 19.2 Å². The molecule has 370 valence electrons. The van der Waals surface area contributed by atoms with Crippen LogP contribution in [0.25, 0.3) is 0 Å². The largest absolute Gasteiger partial charge is 0.459 e. The van der Waals surface area contributed by atoms with Gasteiger partial charge in [0.25, 0.3) is 0 Å². The number of esters is 3. The van der Waals surface area contributed by atoms with Gasteiger partial charge in [0.2, 0.25) is 0 Å². The zero-order chi connectivity index (χ0) is 50.3. The number of Topliss-reactive ketones (excluding diaryl/α,β-unsaturated/α-hetero) is 3. The molecule has 6 rings (SSSR count). The third-order valence-corrected chi connectivity index (χ3v) is 14.4. The van der Waals surface area contributed by atoms with Crippen molar-refractivity contribution in [2.45, 2.75) is 142 Å². The number of carbonyl (C=O) groups is 7. The van der Waals surface area contributed by atoms with E-state index in [1.165, 1.54) is 13.8 Å². The number of fused-ring (bicyclic) bond motifs is 5. The third kappa shape index (κ3) is 9.77. The van der Waals surface area contributed by atoms with Crippen LogP contribution in [0.2, 0.25) is 0 Å². The Labute approximate surface area is 396 Å². The van der Waals surface area contributed by atoms with Crippen LogP contribution in [-0.2, 0) is 52.4 Å². The number of hydrogen-bond acceptors (Lipinski definition) is 16. The molecule has 4 N–H and O–H groups in total. The van der Waals surface area contributed by atoms with Gasteiger partial charge in [0, 0.05) is 54.9 Å². The van der Waals surface area contributed by atoms with Gasteiger partial charge in [-0.2, -0.15) is 0 Å². The van der Waals surface area contributed by atoms with Gasteiger partial charge in [0.05, 0.1) is 23.7 Å². The zero-order valence-electron chi connectivity index (χ0n) is 40.4. The molecule has 2 aromatic rings. The van der Waals surface area contributed by atoms with E-state index in [1.54, 1.807) is 109 Å². The average Bonchev–Trinajstić information content (AvgIpc) is 3.25. The number of aliphatic hydroxyl groups is 3. The van der Waals surface area contributed by atoms with Gasteiger partial charge in [-0.05, 0) is 51.3 Å². The van der Waals surface area contributed by atoms with Gasteiger partial charge >= 0.3 is 24.0 Å². The van der Waals surface area contributed by atoms with Crippen molar-refractivity contribution in [1.82, 2.24) is 5.32 Å². The van der Waals surface area contributed by atoms with Gasteiger partial charge < -0.3 is 49.1 Å². The molecule has 2 bridgehead atoms. The highest BCUT2D eigenvalue weighted by Gasteiger charge is 2.77. The minimum absolute atomic E-state index is 0.0546. The fourth-order valence-electron chi connectivity index (χ4n) is 10.9. The molecule has 1 saturated heterocycles. The van der Waals surface area contributed by atoms with Crippen LogP contribution in [-0.4, -0.2) is 124 Å². The van der Waals surface area contributed by atoms with Crippen LogP contribution in [0.3, 0.4) is 0 Å². The van der Waals surface area contributed by atoms with Crippen LogP contribution in [0.4, 0.5) is 4.79 Å². The summed E-state index contributed by atoms with van der Waals surface area (Å²) in [4.78, 5) is 96.9. The molecule has 2 saturated carbocycles. The second-order valence-electron chi connectivity index (χ2n) is 20.6. The lowest BCUT2D eigenvalue weighted by atomic mass is 9.41. The molecule has 17 nitrogen and oxygen atoms in total. The second kappa shape index (κ2) is 19.6. The van der Waals surface area contributed by atoms with Crippen molar-refractivity contribution < 1.29 is 77.3 Å². The molecule has 1 heterocycles. The number of aliphatic hydroxyl groups excluding tert-OH is 2. The number of ether oxygens (including phenoxy) is 6. The average molecular weight is 948 g/mol. The number of hydrogen-bond donors (Lipinski definition) is 4. The molecule has 0 radical (unpaired) electrons. The summed E-state index contributed by atoms with van der Waals surface area (Å²) in [6, 6.07) is 14.9. The molecule has 4 aliphatic rings. The van der Waals surface area contributed by atoms with E-state index in [4.69, 9.17) is 28.4 Å². The molecule has 2 aromatic carbocycles. The number of alkyl carbamates (subject to hydrolysis) is 1. The first-order valence-corrected chi connectivity index (χ1v) is 23.0. The van der Waals surface area contributed by atoms with E-state index in [0.29, 0.717) is 5.56 Å². The lowest BCUT2D eigenvalue weighted by Crippen LogP contribution is -2.80. The summed E-state index contributed by atoms with van der Waals surface area (Å²) in [5, 5.41) is 40.8. The molecule has 17 heteroatoms. The fourth-order valence-corrected chi connectivity index (χ4v) is 10.9. The predicted octanol–water partition coefficient (Wildman–Crippen LogP) is 4.72. The quantitative estimate of drug-likeness (QED) is 0.0817. The Kier molecular flexibility index (Phi) is 15.0. The van der Waals surface area contributed by atoms with Crippen molar-refractivity contribution >= 4 is 41.4 Å². The molecule has 0 aromatic heterocycles. The van der Waals surface area contributed by atoms with Gasteiger partial charge in [-0.25, -0.2) is 14.4 Å². The van der Waals surface area contributed by atoms with Crippen LogP contribution in [0.5, 0.6) is 0 Å². The summed E-state index contributed by atoms with van der Waals surface area (Å²) in [6.07, 6.45) is -10.2. The van der Waals surface area contributed by atoms with Crippen molar-refractivity contribution in [1.29, 1.82) is 0 Å². The predicted molar refractivity (Wildman–Crippen MR) is 241 cm³/mol. The van der Waals surface area contributed by atoms with Crippen LogP contribution in [0.15, 0.2) is 71.8 Å². The molecule has 0 unspecified atom stereocenters. The highest BCUT2D eigenvalue weighted by molar-refractivity contribution is 5.97. The van der Waals surface area contributed by atoms with E-state index < -0.39 is 131 Å². The summed E-state index contributed by atoms with van der Waals surface area (Å²) >= 11 is 0. The molecular formula is C51H65NO16. The van der Waals surface area contributed by atoms with Gasteiger partial charge in [-0.1, -0.05) is 88.4 Å². The van der Waals surface area contributed by atoms with Crippen LogP contribution < -0.4 is 5.32 Å². The lowest BCUT2D eigenvalue weighted by molar-refractivity contribution is -0.340. The third-order valence-electron chi connectivity index (χ3n) is 14.4. The molecule has 11 atom stereocenters. The Hall–Kier alpha value is -5.33. The first-order chi connectivity index (χ1) is 31.7. The molecule has 1 aliphatic heterocycles. The molecule has 3 fully saturated rings. The molecule has 0 spiro atoms. The first kappa shape index (κ1) is 52.0. The summed E-state index contributed by atoms with van der Waals surface area (Å²) in [5.74, 6) is -7.86. The van der Waals surface area contributed by atoms with E-state index in [-0.39, 0.29) is 48.0 Å². The first-order valence-electron chi connectivity index (χ1n) is 23.0. The van der Waals surface area contributed by atoms with Gasteiger partial charge in [0.1, 0.15) is 43.2 Å². The smallest absolute Gasteiger partial charge is 0.408 e. The van der Waals surface area contributed by atoms with Crippen molar-refractivity contribution in [3.63, 3.8) is 0 Å². The summed E-state index contributed by atoms with van der Waals surface area (Å²) < 4.78 is 35.2. The van der Waals surface area contributed by atoms with Crippen molar-refractivity contribution in [3.05, 3.63) is 82.9 Å². The Balaban J connectivity index is 1.50. The fraction of sp³-hybridized carbons (Fsp3) is 0.588. The van der Waals surface area contributed by atoms with E-state index in [2.05, 4.69) is 5.32 Å². The monoisotopic (exact) mass is 947 g/mol. The van der Waals surface area contributed by atoms with Gasteiger partial charge in [-0.15, -0.1) is 0 Å². The summed E-state index contributed by atoms with van der Waals surface area (Å²) in [6.45, 7) is 14.2. The maximum atomic E-state index is 15.7.